The number of aliphatic imine (C=N–C) groups is 1. The lowest BCUT2D eigenvalue weighted by Crippen LogP contribution is -2.49. The Morgan fingerprint density at radius 2 is 1.62 bits per heavy atom. The number of nitrogens with zero attached hydrogens (tertiary/aromatic N) is 2. The second-order valence-electron chi connectivity index (χ2n) is 7.47. The van der Waals surface area contributed by atoms with E-state index in [1.807, 2.05) is 0 Å². The Labute approximate surface area is 190 Å². The number of sulfone groups is 1. The maximum atomic E-state index is 13.3. The highest BCUT2D eigenvalue weighted by atomic mass is 35.5. The van der Waals surface area contributed by atoms with Crippen molar-refractivity contribution in [3.05, 3.63) is 89.2 Å². The second-order valence-corrected chi connectivity index (χ2v) is 9.92. The van der Waals surface area contributed by atoms with Gasteiger partial charge in [0.15, 0.2) is 9.84 Å². The number of rotatable bonds is 5. The third-order valence-corrected chi connectivity index (χ3v) is 6.53. The molecule has 1 N–H and O–H groups in total. The molecule has 0 aromatic heterocycles. The first-order chi connectivity index (χ1) is 15.1. The molecule has 0 radical (unpaired) electrons. The van der Waals surface area contributed by atoms with Crippen LogP contribution in [0.1, 0.15) is 12.5 Å². The van der Waals surface area contributed by atoms with E-state index in [1.54, 1.807) is 48.2 Å². The molecule has 2 atom stereocenters. The maximum Gasteiger partial charge on any atom is 0.333 e. The minimum atomic E-state index is -3.36. The fraction of sp³-hybridized carbons (Fsp3) is 0.174. The van der Waals surface area contributed by atoms with E-state index in [1.165, 1.54) is 36.4 Å². The molecule has 0 bridgehead atoms. The summed E-state index contributed by atoms with van der Waals surface area (Å²) >= 11 is 6.02. The van der Waals surface area contributed by atoms with Crippen LogP contribution in [0.4, 0.5) is 10.1 Å². The number of amidine groups is 1. The Bertz CT molecular complexity index is 1260. The third-order valence-electron chi connectivity index (χ3n) is 5.15. The van der Waals surface area contributed by atoms with Gasteiger partial charge in [-0.3, -0.25) is 0 Å². The monoisotopic (exact) mass is 474 g/mol. The summed E-state index contributed by atoms with van der Waals surface area (Å²) in [5.41, 5.74) is 1.28. The van der Waals surface area contributed by atoms with Gasteiger partial charge in [0.2, 0.25) is 0 Å². The molecule has 4 rings (SSSR count). The van der Waals surface area contributed by atoms with E-state index in [4.69, 9.17) is 16.3 Å². The largest absolute Gasteiger partial charge is 0.441 e. The Kier molecular flexibility index (Phi) is 5.70. The summed E-state index contributed by atoms with van der Waals surface area (Å²) in [6.07, 6.45) is 1.14. The summed E-state index contributed by atoms with van der Waals surface area (Å²) in [5.74, 6) is -1.76. The molecule has 166 valence electrons. The van der Waals surface area contributed by atoms with E-state index < -0.39 is 27.6 Å². The Balaban J connectivity index is 1.77. The van der Waals surface area contributed by atoms with Gasteiger partial charge in [-0.25, -0.2) is 12.8 Å². The van der Waals surface area contributed by atoms with Crippen LogP contribution in [0, 0.1) is 5.82 Å². The topological polar surface area (TPSA) is 79.2 Å². The van der Waals surface area contributed by atoms with Gasteiger partial charge in [-0.05, 0) is 79.7 Å². The van der Waals surface area contributed by atoms with Crippen molar-refractivity contribution in [2.45, 2.75) is 23.8 Å². The van der Waals surface area contributed by atoms with Crippen LogP contribution in [0.25, 0.3) is 0 Å². The van der Waals surface area contributed by atoms with Crippen molar-refractivity contribution in [1.82, 2.24) is 0 Å². The van der Waals surface area contributed by atoms with Crippen LogP contribution in [0.15, 0.2) is 82.7 Å². The quantitative estimate of drug-likeness (QED) is 0.559. The Hall–Kier alpha value is -2.94. The van der Waals surface area contributed by atoms with Gasteiger partial charge in [0.1, 0.15) is 23.4 Å². The fourth-order valence-electron chi connectivity index (χ4n) is 3.44. The first-order valence-electron chi connectivity index (χ1n) is 9.69. The van der Waals surface area contributed by atoms with Crippen molar-refractivity contribution < 1.29 is 22.7 Å². The third kappa shape index (κ3) is 4.34. The van der Waals surface area contributed by atoms with Gasteiger partial charge in [0.25, 0.3) is 0 Å². The summed E-state index contributed by atoms with van der Waals surface area (Å²) in [5, 5.41) is 11.9. The summed E-state index contributed by atoms with van der Waals surface area (Å²) < 4.78 is 42.7. The molecule has 1 aliphatic rings. The SMILES string of the molecule is CC1N(c2ccc(S(C)(=O)=O)cc2)C(c2ccc(Cl)cc2)=NC1(O)Oc1ccc(F)cc1. The summed E-state index contributed by atoms with van der Waals surface area (Å²) in [6, 6.07) is 17.7. The molecule has 2 unspecified atom stereocenters. The van der Waals surface area contributed by atoms with Crippen LogP contribution in [0.5, 0.6) is 5.75 Å². The molecule has 0 amide bonds. The van der Waals surface area contributed by atoms with Gasteiger partial charge >= 0.3 is 5.91 Å². The summed E-state index contributed by atoms with van der Waals surface area (Å²) in [7, 11) is -3.36. The van der Waals surface area contributed by atoms with E-state index in [0.29, 0.717) is 22.1 Å². The molecule has 0 saturated heterocycles. The summed E-state index contributed by atoms with van der Waals surface area (Å²) in [6.45, 7) is 1.72. The minimum Gasteiger partial charge on any atom is -0.441 e. The normalized spacial score (nSPS) is 20.8. The zero-order chi connectivity index (χ0) is 23.1. The number of ether oxygens (including phenoxy) is 1. The molecule has 6 nitrogen and oxygen atoms in total. The molecule has 32 heavy (non-hydrogen) atoms. The lowest BCUT2D eigenvalue weighted by atomic mass is 10.1. The van der Waals surface area contributed by atoms with Crippen LogP contribution in [-0.4, -0.2) is 37.6 Å². The van der Waals surface area contributed by atoms with Crippen molar-refractivity contribution >= 4 is 33.0 Å². The van der Waals surface area contributed by atoms with E-state index in [-0.39, 0.29) is 10.6 Å². The number of halogens is 2. The molecule has 1 heterocycles. The second kappa shape index (κ2) is 8.20. The van der Waals surface area contributed by atoms with Gasteiger partial charge < -0.3 is 14.7 Å². The van der Waals surface area contributed by atoms with E-state index in [2.05, 4.69) is 4.99 Å². The van der Waals surface area contributed by atoms with Crippen molar-refractivity contribution in [3.8, 4) is 5.75 Å². The molecule has 3 aromatic carbocycles. The predicted molar refractivity (Wildman–Crippen MR) is 121 cm³/mol. The first-order valence-corrected chi connectivity index (χ1v) is 12.0. The predicted octanol–water partition coefficient (Wildman–Crippen LogP) is 4.26. The van der Waals surface area contributed by atoms with Gasteiger partial charge in [0.05, 0.1) is 4.90 Å². The van der Waals surface area contributed by atoms with E-state index >= 15 is 0 Å². The molecule has 0 fully saturated rings. The van der Waals surface area contributed by atoms with Gasteiger partial charge in [0, 0.05) is 22.5 Å². The van der Waals surface area contributed by atoms with Crippen LogP contribution in [0.2, 0.25) is 5.02 Å². The Morgan fingerprint density at radius 1 is 1.03 bits per heavy atom. The molecule has 9 heteroatoms. The number of anilines is 1. The smallest absolute Gasteiger partial charge is 0.333 e. The van der Waals surface area contributed by atoms with Gasteiger partial charge in [-0.15, -0.1) is 0 Å². The van der Waals surface area contributed by atoms with Gasteiger partial charge in [-0.2, -0.15) is 4.99 Å². The van der Waals surface area contributed by atoms with Crippen molar-refractivity contribution in [3.63, 3.8) is 0 Å². The molecule has 3 aromatic rings. The summed E-state index contributed by atoms with van der Waals surface area (Å²) in [4.78, 5) is 6.39. The molecule has 0 spiro atoms. The number of hydrogen-bond acceptors (Lipinski definition) is 6. The highest BCUT2D eigenvalue weighted by Crippen LogP contribution is 2.35. The van der Waals surface area contributed by atoms with Crippen LogP contribution >= 0.6 is 11.6 Å². The number of hydrogen-bond donors (Lipinski definition) is 1. The maximum absolute atomic E-state index is 13.3. The lowest BCUT2D eigenvalue weighted by Gasteiger charge is -2.31. The van der Waals surface area contributed by atoms with E-state index in [0.717, 1.165) is 6.26 Å². The van der Waals surface area contributed by atoms with Crippen molar-refractivity contribution in [2.24, 2.45) is 4.99 Å². The van der Waals surface area contributed by atoms with Crippen molar-refractivity contribution in [1.29, 1.82) is 0 Å². The molecular formula is C23H20ClFN2O4S. The van der Waals surface area contributed by atoms with Gasteiger partial charge in [-0.1, -0.05) is 11.6 Å². The highest BCUT2D eigenvalue weighted by molar-refractivity contribution is 7.90. The average Bonchev–Trinajstić information content (AvgIpc) is 3.00. The number of aliphatic hydroxyl groups is 1. The highest BCUT2D eigenvalue weighted by Gasteiger charge is 2.48. The molecular weight excluding hydrogens is 455 g/mol. The zero-order valence-electron chi connectivity index (χ0n) is 17.2. The van der Waals surface area contributed by atoms with Crippen molar-refractivity contribution in [2.75, 3.05) is 11.2 Å². The number of benzene rings is 3. The molecule has 0 aliphatic carbocycles. The van der Waals surface area contributed by atoms with E-state index in [9.17, 15) is 17.9 Å². The lowest BCUT2D eigenvalue weighted by molar-refractivity contribution is -0.135. The molecule has 0 saturated carbocycles. The zero-order valence-corrected chi connectivity index (χ0v) is 18.8. The minimum absolute atomic E-state index is 0.177. The standard InChI is InChI=1S/C23H20ClFN2O4S/c1-15-23(28,31-20-11-7-18(25)8-12-20)26-22(16-3-5-17(24)6-4-16)27(15)19-9-13-21(14-10-19)32(2,29)30/h3-15,28H,1-2H3. The molecule has 1 aliphatic heterocycles. The van der Waals surface area contributed by atoms with Crippen LogP contribution in [-0.2, 0) is 9.84 Å². The Morgan fingerprint density at radius 3 is 2.19 bits per heavy atom. The van der Waals surface area contributed by atoms with Crippen LogP contribution < -0.4 is 9.64 Å². The van der Waals surface area contributed by atoms with Crippen LogP contribution in [0.3, 0.4) is 0 Å². The fourth-order valence-corrected chi connectivity index (χ4v) is 4.19. The average molecular weight is 475 g/mol. The first kappa shape index (κ1) is 22.3.